The van der Waals surface area contributed by atoms with Crippen molar-refractivity contribution in [1.82, 2.24) is 0 Å². The number of aliphatic hydroxyl groups is 1. The molecule has 2 rings (SSSR count). The third-order valence-electron chi connectivity index (χ3n) is 2.96. The predicted octanol–water partition coefficient (Wildman–Crippen LogP) is 4.52. The first kappa shape index (κ1) is 12.8. The summed E-state index contributed by atoms with van der Waals surface area (Å²) in [7, 11) is 0. The molecule has 0 aliphatic heterocycles. The fourth-order valence-electron chi connectivity index (χ4n) is 2.02. The van der Waals surface area contributed by atoms with Crippen LogP contribution in [-0.2, 0) is 0 Å². The molecule has 3 heteroatoms. The van der Waals surface area contributed by atoms with Gasteiger partial charge in [0.25, 0.3) is 0 Å². The van der Waals surface area contributed by atoms with Gasteiger partial charge >= 0.3 is 0 Å². The molecule has 0 aliphatic carbocycles. The first-order valence-corrected chi connectivity index (χ1v) is 7.11. The van der Waals surface area contributed by atoms with Crippen molar-refractivity contribution in [3.05, 3.63) is 55.2 Å². The van der Waals surface area contributed by atoms with Gasteiger partial charge in [0.1, 0.15) is 6.10 Å². The highest BCUT2D eigenvalue weighted by Crippen LogP contribution is 2.36. The molecule has 0 saturated heterocycles. The van der Waals surface area contributed by atoms with Crippen molar-refractivity contribution in [3.63, 3.8) is 0 Å². The maximum atomic E-state index is 10.5. The van der Waals surface area contributed by atoms with E-state index in [-0.39, 0.29) is 0 Å². The van der Waals surface area contributed by atoms with Crippen LogP contribution in [-0.4, -0.2) is 5.11 Å². The molecule has 0 spiro atoms. The van der Waals surface area contributed by atoms with Gasteiger partial charge in [-0.05, 0) is 65.0 Å². The third-order valence-corrected chi connectivity index (χ3v) is 5.15. The molecule has 17 heavy (non-hydrogen) atoms. The molecular formula is C14H15BrOS. The number of aryl methyl sites for hydroxylation is 3. The van der Waals surface area contributed by atoms with Crippen molar-refractivity contribution in [2.45, 2.75) is 26.9 Å². The van der Waals surface area contributed by atoms with Crippen LogP contribution < -0.4 is 0 Å². The Morgan fingerprint density at radius 1 is 1.12 bits per heavy atom. The van der Waals surface area contributed by atoms with Gasteiger partial charge in [-0.1, -0.05) is 18.2 Å². The second kappa shape index (κ2) is 4.92. The normalized spacial score (nSPS) is 12.8. The van der Waals surface area contributed by atoms with E-state index in [0.717, 1.165) is 25.4 Å². The summed E-state index contributed by atoms with van der Waals surface area (Å²) < 4.78 is 1.10. The Morgan fingerprint density at radius 3 is 2.18 bits per heavy atom. The topological polar surface area (TPSA) is 20.2 Å². The van der Waals surface area contributed by atoms with E-state index < -0.39 is 6.10 Å². The van der Waals surface area contributed by atoms with Crippen LogP contribution in [0, 0.1) is 20.8 Å². The highest BCUT2D eigenvalue weighted by molar-refractivity contribution is 9.11. The number of rotatable bonds is 2. The molecule has 1 nitrogen and oxygen atoms in total. The minimum Gasteiger partial charge on any atom is -0.383 e. The minimum absolute atomic E-state index is 0.522. The average molecular weight is 311 g/mol. The summed E-state index contributed by atoms with van der Waals surface area (Å²) >= 11 is 5.10. The van der Waals surface area contributed by atoms with Crippen LogP contribution >= 0.6 is 27.3 Å². The number of hydrogen-bond acceptors (Lipinski definition) is 2. The van der Waals surface area contributed by atoms with E-state index in [4.69, 9.17) is 0 Å². The highest BCUT2D eigenvalue weighted by Gasteiger charge is 2.18. The Labute approximate surface area is 114 Å². The fourth-order valence-corrected chi connectivity index (χ4v) is 3.59. The molecule has 90 valence electrons. The van der Waals surface area contributed by atoms with Gasteiger partial charge in [0.15, 0.2) is 0 Å². The maximum absolute atomic E-state index is 10.5. The Morgan fingerprint density at radius 2 is 1.71 bits per heavy atom. The van der Waals surface area contributed by atoms with Gasteiger partial charge in [-0.15, -0.1) is 11.3 Å². The number of hydrogen-bond donors (Lipinski definition) is 1. The van der Waals surface area contributed by atoms with Gasteiger partial charge in [-0.3, -0.25) is 0 Å². The second-order valence-electron chi connectivity index (χ2n) is 4.31. The van der Waals surface area contributed by atoms with Crippen LogP contribution in [0.4, 0.5) is 0 Å². The van der Waals surface area contributed by atoms with E-state index in [1.807, 2.05) is 45.0 Å². The molecule has 1 N–H and O–H groups in total. The van der Waals surface area contributed by atoms with Crippen LogP contribution in [0.2, 0.25) is 0 Å². The summed E-state index contributed by atoms with van der Waals surface area (Å²) in [6.07, 6.45) is -0.522. The van der Waals surface area contributed by atoms with Gasteiger partial charge in [0, 0.05) is 4.88 Å². The second-order valence-corrected chi connectivity index (χ2v) is 6.72. The quantitative estimate of drug-likeness (QED) is 0.864. The van der Waals surface area contributed by atoms with Crippen molar-refractivity contribution in [2.75, 3.05) is 0 Å². The molecule has 0 radical (unpaired) electrons. The molecule has 1 aromatic carbocycles. The molecule has 0 saturated carbocycles. The molecule has 0 fully saturated rings. The lowest BCUT2D eigenvalue weighted by atomic mass is 9.97. The lowest BCUT2D eigenvalue weighted by Crippen LogP contribution is -2.02. The van der Waals surface area contributed by atoms with Gasteiger partial charge in [-0.25, -0.2) is 0 Å². The van der Waals surface area contributed by atoms with Crippen LogP contribution in [0.15, 0.2) is 28.1 Å². The predicted molar refractivity (Wildman–Crippen MR) is 76.7 cm³/mol. The first-order chi connectivity index (χ1) is 8.00. The third kappa shape index (κ3) is 2.46. The molecule has 1 unspecified atom stereocenters. The van der Waals surface area contributed by atoms with Gasteiger partial charge in [0.05, 0.1) is 3.79 Å². The standard InChI is InChI=1S/C14H15BrOS/c1-8-5-4-6-9(2)12(8)13(16)11-7-10(3)14(15)17-11/h4-7,13,16H,1-3H3. The zero-order valence-corrected chi connectivity index (χ0v) is 12.5. The van der Waals surface area contributed by atoms with Crippen LogP contribution in [0.1, 0.15) is 33.2 Å². The molecule has 0 bridgehead atoms. The Balaban J connectivity index is 2.47. The first-order valence-electron chi connectivity index (χ1n) is 5.50. The van der Waals surface area contributed by atoms with E-state index >= 15 is 0 Å². The van der Waals surface area contributed by atoms with E-state index in [9.17, 15) is 5.11 Å². The van der Waals surface area contributed by atoms with Crippen LogP contribution in [0.3, 0.4) is 0 Å². The molecule has 2 aromatic rings. The van der Waals surface area contributed by atoms with Crippen LogP contribution in [0.25, 0.3) is 0 Å². The number of halogens is 1. The lowest BCUT2D eigenvalue weighted by Gasteiger charge is -2.15. The zero-order chi connectivity index (χ0) is 12.6. The molecule has 0 amide bonds. The van der Waals surface area contributed by atoms with Crippen molar-refractivity contribution in [1.29, 1.82) is 0 Å². The van der Waals surface area contributed by atoms with Crippen molar-refractivity contribution < 1.29 is 5.11 Å². The van der Waals surface area contributed by atoms with Crippen molar-refractivity contribution >= 4 is 27.3 Å². The largest absolute Gasteiger partial charge is 0.383 e. The van der Waals surface area contributed by atoms with E-state index in [2.05, 4.69) is 15.9 Å². The summed E-state index contributed by atoms with van der Waals surface area (Å²) in [4.78, 5) is 0.992. The van der Waals surface area contributed by atoms with Crippen LogP contribution in [0.5, 0.6) is 0 Å². The smallest absolute Gasteiger partial charge is 0.114 e. The summed E-state index contributed by atoms with van der Waals surface area (Å²) in [6.45, 7) is 6.13. The SMILES string of the molecule is Cc1cc(C(O)c2c(C)cccc2C)sc1Br. The molecule has 0 aliphatic rings. The Hall–Kier alpha value is -0.640. The molecule has 1 aromatic heterocycles. The fraction of sp³-hybridized carbons (Fsp3) is 0.286. The molecular weight excluding hydrogens is 296 g/mol. The minimum atomic E-state index is -0.522. The average Bonchev–Trinajstić information content (AvgIpc) is 2.59. The number of thiophene rings is 1. The lowest BCUT2D eigenvalue weighted by molar-refractivity contribution is 0.222. The van der Waals surface area contributed by atoms with Gasteiger partial charge in [0.2, 0.25) is 0 Å². The van der Waals surface area contributed by atoms with E-state index in [0.29, 0.717) is 0 Å². The number of aliphatic hydroxyl groups excluding tert-OH is 1. The van der Waals surface area contributed by atoms with Crippen molar-refractivity contribution in [3.8, 4) is 0 Å². The zero-order valence-electron chi connectivity index (χ0n) is 10.1. The van der Waals surface area contributed by atoms with Gasteiger partial charge in [-0.2, -0.15) is 0 Å². The van der Waals surface area contributed by atoms with E-state index in [1.54, 1.807) is 11.3 Å². The summed E-state index contributed by atoms with van der Waals surface area (Å²) in [5.74, 6) is 0. The highest BCUT2D eigenvalue weighted by atomic mass is 79.9. The van der Waals surface area contributed by atoms with Gasteiger partial charge < -0.3 is 5.11 Å². The summed E-state index contributed by atoms with van der Waals surface area (Å²) in [6, 6.07) is 8.16. The number of benzene rings is 1. The Kier molecular flexibility index (Phi) is 3.71. The summed E-state index contributed by atoms with van der Waals surface area (Å²) in [5, 5.41) is 10.5. The molecule has 1 heterocycles. The van der Waals surface area contributed by atoms with Crippen molar-refractivity contribution in [2.24, 2.45) is 0 Å². The maximum Gasteiger partial charge on any atom is 0.114 e. The monoisotopic (exact) mass is 310 g/mol. The summed E-state index contributed by atoms with van der Waals surface area (Å²) in [5.41, 5.74) is 4.48. The Bertz CT molecular complexity index is 505. The van der Waals surface area contributed by atoms with E-state index in [1.165, 1.54) is 5.56 Å². The molecule has 1 atom stereocenters.